The van der Waals surface area contributed by atoms with Crippen LogP contribution in [0.5, 0.6) is 0 Å². The zero-order chi connectivity index (χ0) is 21.1. The molecule has 0 rings (SSSR count). The number of thioether (sulfide) groups is 1. The van der Waals surface area contributed by atoms with Gasteiger partial charge in [0.15, 0.2) is 8.32 Å². The Kier molecular flexibility index (Phi) is 13.7. The van der Waals surface area contributed by atoms with Crippen molar-refractivity contribution in [2.75, 3.05) is 19.4 Å². The van der Waals surface area contributed by atoms with Gasteiger partial charge >= 0.3 is 0 Å². The van der Waals surface area contributed by atoms with E-state index in [0.29, 0.717) is 0 Å². The van der Waals surface area contributed by atoms with Crippen molar-refractivity contribution in [3.63, 3.8) is 0 Å². The molecule has 0 fully saturated rings. The lowest BCUT2D eigenvalue weighted by Gasteiger charge is -2.53. The van der Waals surface area contributed by atoms with Crippen LogP contribution in [0.1, 0.15) is 54.9 Å². The Morgan fingerprint density at radius 3 is 1.56 bits per heavy atom. The SMILES string of the molecule is CC[Si](CC)(CC)N(CC(C)SCCC[Si](C)(C)OC)[Si](CC)(CC)CC. The Bertz CT molecular complexity index is 351. The van der Waals surface area contributed by atoms with Gasteiger partial charge in [-0.25, -0.2) is 0 Å². The molecule has 0 aromatic carbocycles. The first-order valence-corrected chi connectivity index (χ1v) is 20.9. The molecular weight excluding hydrogens is 399 g/mol. The first-order valence-electron chi connectivity index (χ1n) is 11.6. The van der Waals surface area contributed by atoms with E-state index in [4.69, 9.17) is 4.43 Å². The Morgan fingerprint density at radius 2 is 1.22 bits per heavy atom. The van der Waals surface area contributed by atoms with Gasteiger partial charge in [-0.3, -0.25) is 0 Å². The van der Waals surface area contributed by atoms with E-state index >= 15 is 0 Å². The molecule has 0 bridgehead atoms. The lowest BCUT2D eigenvalue weighted by atomic mass is 10.5. The maximum absolute atomic E-state index is 5.72. The predicted molar refractivity (Wildman–Crippen MR) is 137 cm³/mol. The smallest absolute Gasteiger partial charge is 0.186 e. The van der Waals surface area contributed by atoms with Crippen LogP contribution in [-0.4, -0.2) is 53.7 Å². The van der Waals surface area contributed by atoms with E-state index in [9.17, 15) is 0 Å². The normalized spacial score (nSPS) is 14.8. The fourth-order valence-corrected chi connectivity index (χ4v) is 20.9. The topological polar surface area (TPSA) is 12.5 Å². The van der Waals surface area contributed by atoms with E-state index in [1.807, 2.05) is 7.11 Å². The number of hydrogen-bond acceptors (Lipinski definition) is 3. The van der Waals surface area contributed by atoms with Gasteiger partial charge in [0.05, 0.1) is 0 Å². The third kappa shape index (κ3) is 7.93. The lowest BCUT2D eigenvalue weighted by Crippen LogP contribution is -2.67. The lowest BCUT2D eigenvalue weighted by molar-refractivity contribution is 0.403. The molecule has 27 heavy (non-hydrogen) atoms. The van der Waals surface area contributed by atoms with Gasteiger partial charge in [-0.1, -0.05) is 48.5 Å². The molecule has 0 aliphatic rings. The van der Waals surface area contributed by atoms with E-state index in [-0.39, 0.29) is 0 Å². The number of hydrogen-bond donors (Lipinski definition) is 0. The van der Waals surface area contributed by atoms with Gasteiger partial charge in [0, 0.05) is 12.4 Å². The molecule has 1 unspecified atom stereocenters. The van der Waals surface area contributed by atoms with Crippen LogP contribution in [0.3, 0.4) is 0 Å². The van der Waals surface area contributed by atoms with Gasteiger partial charge in [-0.2, -0.15) is 11.8 Å². The minimum absolute atomic E-state index is 0.755. The molecule has 0 aromatic rings. The van der Waals surface area contributed by atoms with Gasteiger partial charge in [0.2, 0.25) is 0 Å². The molecule has 6 heteroatoms. The Balaban J connectivity index is 5.20. The minimum atomic E-state index is -1.39. The van der Waals surface area contributed by atoms with E-state index in [1.54, 1.807) is 0 Å². The van der Waals surface area contributed by atoms with Gasteiger partial charge in [-0.05, 0) is 74.1 Å². The van der Waals surface area contributed by atoms with Gasteiger partial charge in [0.1, 0.15) is 16.5 Å². The van der Waals surface area contributed by atoms with Gasteiger partial charge < -0.3 is 8.66 Å². The maximum atomic E-state index is 5.72. The van der Waals surface area contributed by atoms with Gasteiger partial charge in [-0.15, -0.1) is 0 Å². The van der Waals surface area contributed by atoms with Gasteiger partial charge in [0.25, 0.3) is 0 Å². The molecule has 0 saturated carbocycles. The molecule has 0 heterocycles. The maximum Gasteiger partial charge on any atom is 0.186 e. The first-order chi connectivity index (χ1) is 12.7. The zero-order valence-electron chi connectivity index (χ0n) is 20.4. The molecular formula is C21H51NOSSi3. The van der Waals surface area contributed by atoms with Crippen molar-refractivity contribution in [2.24, 2.45) is 0 Å². The Labute approximate surface area is 179 Å². The van der Waals surface area contributed by atoms with Crippen LogP contribution in [0.4, 0.5) is 0 Å². The van der Waals surface area contributed by atoms with Crippen LogP contribution in [0.2, 0.25) is 55.4 Å². The summed E-state index contributed by atoms with van der Waals surface area (Å²) in [5, 5.41) is 0.755. The van der Waals surface area contributed by atoms with Crippen LogP contribution in [0, 0.1) is 0 Å². The van der Waals surface area contributed by atoms with Crippen molar-refractivity contribution in [3.05, 3.63) is 0 Å². The third-order valence-electron chi connectivity index (χ3n) is 7.41. The van der Waals surface area contributed by atoms with Crippen LogP contribution >= 0.6 is 11.8 Å². The summed E-state index contributed by atoms with van der Waals surface area (Å²) in [7, 11) is -2.13. The second kappa shape index (κ2) is 13.3. The van der Waals surface area contributed by atoms with E-state index in [0.717, 1.165) is 5.25 Å². The Morgan fingerprint density at radius 1 is 0.815 bits per heavy atom. The fraction of sp³-hybridized carbons (Fsp3) is 1.00. The van der Waals surface area contributed by atoms with Crippen LogP contribution in [-0.2, 0) is 4.43 Å². The van der Waals surface area contributed by atoms with Crippen molar-refractivity contribution in [2.45, 2.75) is 116 Å². The second-order valence-corrected chi connectivity index (χ2v) is 25.6. The molecule has 164 valence electrons. The predicted octanol–water partition coefficient (Wildman–Crippen LogP) is 7.66. The van der Waals surface area contributed by atoms with Crippen LogP contribution in [0.15, 0.2) is 0 Å². The highest BCUT2D eigenvalue weighted by molar-refractivity contribution is 7.99. The third-order valence-corrected chi connectivity index (χ3v) is 24.7. The minimum Gasteiger partial charge on any atom is -0.420 e. The molecule has 0 amide bonds. The number of rotatable bonds is 16. The molecule has 0 aromatic heterocycles. The highest BCUT2D eigenvalue weighted by atomic mass is 32.2. The molecule has 0 saturated heterocycles. The largest absolute Gasteiger partial charge is 0.420 e. The monoisotopic (exact) mass is 449 g/mol. The van der Waals surface area contributed by atoms with Crippen LogP contribution < -0.4 is 0 Å². The molecule has 1 atom stereocenters. The molecule has 0 radical (unpaired) electrons. The van der Waals surface area contributed by atoms with Crippen molar-refractivity contribution < 1.29 is 4.43 Å². The quantitative estimate of drug-likeness (QED) is 0.177. The summed E-state index contributed by atoms with van der Waals surface area (Å²) in [4.78, 5) is 0. The van der Waals surface area contributed by atoms with E-state index < -0.39 is 24.8 Å². The fourth-order valence-electron chi connectivity index (χ4n) is 4.73. The standard InChI is InChI=1S/C21H51NOSSi3/c1-11-26(12-2,13-3)22(27(14-4,15-5)16-6)20-21(7)24-18-17-19-25(9,10)23-8/h21H,11-20H2,1-10H3. The van der Waals surface area contributed by atoms with Crippen LogP contribution in [0.25, 0.3) is 0 Å². The molecule has 0 aliphatic heterocycles. The number of nitrogens with zero attached hydrogens (tertiary/aromatic N) is 1. The highest BCUT2D eigenvalue weighted by Crippen LogP contribution is 2.37. The molecule has 2 nitrogen and oxygen atoms in total. The average molecular weight is 450 g/mol. The molecule has 0 N–H and O–H groups in total. The van der Waals surface area contributed by atoms with Crippen molar-refractivity contribution in [1.29, 1.82) is 0 Å². The zero-order valence-corrected chi connectivity index (χ0v) is 24.2. The molecule has 0 spiro atoms. The first kappa shape index (κ1) is 27.9. The van der Waals surface area contributed by atoms with E-state index in [1.165, 1.54) is 61.0 Å². The summed E-state index contributed by atoms with van der Waals surface area (Å²) >= 11 is 2.22. The van der Waals surface area contributed by atoms with E-state index in [2.05, 4.69) is 77.6 Å². The summed E-state index contributed by atoms with van der Waals surface area (Å²) < 4.78 is 8.96. The summed E-state index contributed by atoms with van der Waals surface area (Å²) in [6.45, 7) is 23.5. The summed E-state index contributed by atoms with van der Waals surface area (Å²) in [6.07, 6.45) is 1.32. The second-order valence-electron chi connectivity index (χ2n) is 8.93. The average Bonchev–Trinajstić information content (AvgIpc) is 2.68. The summed E-state index contributed by atoms with van der Waals surface area (Å²) in [5.41, 5.74) is 0. The highest BCUT2D eigenvalue weighted by Gasteiger charge is 2.46. The Hall–Kier alpha value is 0.921. The van der Waals surface area contributed by atoms with Crippen molar-refractivity contribution >= 4 is 36.6 Å². The summed E-state index contributed by atoms with van der Waals surface area (Å²) in [6, 6.07) is 9.88. The summed E-state index contributed by atoms with van der Waals surface area (Å²) in [5.74, 6) is 1.30. The molecule has 0 aliphatic carbocycles. The van der Waals surface area contributed by atoms with Crippen molar-refractivity contribution in [3.8, 4) is 0 Å². The van der Waals surface area contributed by atoms with Crippen molar-refractivity contribution in [1.82, 2.24) is 4.23 Å².